The predicted molar refractivity (Wildman–Crippen MR) is 55.1 cm³/mol. The Morgan fingerprint density at radius 3 is 2.64 bits per heavy atom. The van der Waals surface area contributed by atoms with Gasteiger partial charge in [-0.25, -0.2) is 4.98 Å². The number of rotatable bonds is 3. The average Bonchev–Trinajstić information content (AvgIpc) is 2.74. The van der Waals surface area contributed by atoms with E-state index in [0.717, 1.165) is 23.9 Å². The van der Waals surface area contributed by atoms with Gasteiger partial charge in [-0.15, -0.1) is 0 Å². The van der Waals surface area contributed by atoms with Gasteiger partial charge in [0.25, 0.3) is 0 Å². The lowest BCUT2D eigenvalue weighted by Crippen LogP contribution is -2.25. The van der Waals surface area contributed by atoms with Gasteiger partial charge in [0.1, 0.15) is 5.76 Å². The molecule has 3 nitrogen and oxygen atoms in total. The zero-order valence-electron chi connectivity index (χ0n) is 8.97. The maximum Gasteiger partial charge on any atom is 0.208 e. The van der Waals surface area contributed by atoms with Crippen LogP contribution >= 0.6 is 0 Å². The molecular weight excluding hydrogens is 176 g/mol. The first-order valence-corrected chi connectivity index (χ1v) is 5.42. The molecule has 1 aliphatic carbocycles. The van der Waals surface area contributed by atoms with Crippen molar-refractivity contribution in [2.75, 3.05) is 0 Å². The first-order valence-electron chi connectivity index (χ1n) is 5.42. The van der Waals surface area contributed by atoms with Gasteiger partial charge in [0.2, 0.25) is 5.89 Å². The number of hydrogen-bond acceptors (Lipinski definition) is 3. The lowest BCUT2D eigenvalue weighted by molar-refractivity contribution is 0.422. The molecule has 0 bridgehead atoms. The van der Waals surface area contributed by atoms with Crippen LogP contribution in [0, 0.1) is 13.8 Å². The largest absolute Gasteiger partial charge is 0.444 e. The molecule has 78 valence electrons. The monoisotopic (exact) mass is 194 g/mol. The van der Waals surface area contributed by atoms with Crippen LogP contribution in [0.1, 0.15) is 43.0 Å². The molecule has 0 spiro atoms. The number of hydrogen-bond donors (Lipinski definition) is 1. The molecule has 1 aliphatic rings. The third kappa shape index (κ3) is 2.15. The van der Waals surface area contributed by atoms with Crippen molar-refractivity contribution in [3.8, 4) is 0 Å². The molecule has 0 amide bonds. The summed E-state index contributed by atoms with van der Waals surface area (Å²) in [5, 5.41) is 3.48. The van der Waals surface area contributed by atoms with Crippen LogP contribution < -0.4 is 5.32 Å². The van der Waals surface area contributed by atoms with Crippen molar-refractivity contribution in [2.45, 2.75) is 52.1 Å². The van der Waals surface area contributed by atoms with Crippen LogP contribution in [-0.2, 0) is 6.54 Å². The molecule has 1 saturated carbocycles. The van der Waals surface area contributed by atoms with E-state index in [-0.39, 0.29) is 0 Å². The molecule has 1 heterocycles. The smallest absolute Gasteiger partial charge is 0.208 e. The third-order valence-electron chi connectivity index (χ3n) is 2.97. The first-order chi connectivity index (χ1) is 6.75. The summed E-state index contributed by atoms with van der Waals surface area (Å²) in [5.74, 6) is 1.76. The van der Waals surface area contributed by atoms with Crippen molar-refractivity contribution in [2.24, 2.45) is 0 Å². The van der Waals surface area contributed by atoms with Gasteiger partial charge in [0.05, 0.1) is 12.2 Å². The molecule has 0 aliphatic heterocycles. The molecule has 1 aromatic heterocycles. The predicted octanol–water partition coefficient (Wildman–Crippen LogP) is 2.32. The average molecular weight is 194 g/mol. The topological polar surface area (TPSA) is 38.1 Å². The minimum absolute atomic E-state index is 0.683. The number of nitrogens with zero attached hydrogens (tertiary/aromatic N) is 1. The molecule has 14 heavy (non-hydrogen) atoms. The Bertz CT molecular complexity index is 281. The zero-order chi connectivity index (χ0) is 9.97. The van der Waals surface area contributed by atoms with E-state index >= 15 is 0 Å². The standard InChI is InChI=1S/C11H18N2O/c1-8-9(2)14-11(13-8)7-12-10-5-3-4-6-10/h10,12H,3-7H2,1-2H3. The summed E-state index contributed by atoms with van der Waals surface area (Å²) in [6, 6.07) is 0.683. The normalized spacial score (nSPS) is 17.9. The van der Waals surface area contributed by atoms with Gasteiger partial charge in [-0.1, -0.05) is 12.8 Å². The third-order valence-corrected chi connectivity index (χ3v) is 2.97. The Morgan fingerprint density at radius 1 is 1.36 bits per heavy atom. The molecule has 3 heteroatoms. The first kappa shape index (κ1) is 9.71. The second kappa shape index (κ2) is 4.13. The van der Waals surface area contributed by atoms with Crippen molar-refractivity contribution in [3.63, 3.8) is 0 Å². The molecule has 0 aromatic carbocycles. The van der Waals surface area contributed by atoms with Gasteiger partial charge in [0, 0.05) is 6.04 Å². The van der Waals surface area contributed by atoms with Crippen LogP contribution in [0.25, 0.3) is 0 Å². The van der Waals surface area contributed by atoms with Crippen molar-refractivity contribution in [3.05, 3.63) is 17.3 Å². The Kier molecular flexibility index (Phi) is 2.87. The van der Waals surface area contributed by atoms with E-state index in [0.29, 0.717) is 6.04 Å². The highest BCUT2D eigenvalue weighted by Gasteiger charge is 2.15. The van der Waals surface area contributed by atoms with Gasteiger partial charge >= 0.3 is 0 Å². The van der Waals surface area contributed by atoms with Crippen LogP contribution in [0.15, 0.2) is 4.42 Å². The Hall–Kier alpha value is -0.830. The van der Waals surface area contributed by atoms with Crippen molar-refractivity contribution < 1.29 is 4.42 Å². The minimum Gasteiger partial charge on any atom is -0.444 e. The summed E-state index contributed by atoms with van der Waals surface area (Å²) in [6.07, 6.45) is 5.33. The summed E-state index contributed by atoms with van der Waals surface area (Å²) < 4.78 is 5.50. The van der Waals surface area contributed by atoms with E-state index in [1.807, 2.05) is 13.8 Å². The van der Waals surface area contributed by atoms with E-state index in [1.165, 1.54) is 25.7 Å². The lowest BCUT2D eigenvalue weighted by Gasteiger charge is -2.08. The highest BCUT2D eigenvalue weighted by atomic mass is 16.4. The van der Waals surface area contributed by atoms with Crippen LogP contribution in [0.3, 0.4) is 0 Å². The molecule has 0 radical (unpaired) electrons. The quantitative estimate of drug-likeness (QED) is 0.802. The van der Waals surface area contributed by atoms with Crippen LogP contribution in [0.2, 0.25) is 0 Å². The van der Waals surface area contributed by atoms with Crippen molar-refractivity contribution in [1.82, 2.24) is 10.3 Å². The van der Waals surface area contributed by atoms with Crippen LogP contribution in [0.5, 0.6) is 0 Å². The molecule has 0 saturated heterocycles. The summed E-state index contributed by atoms with van der Waals surface area (Å²) in [4.78, 5) is 4.34. The molecular formula is C11H18N2O. The molecule has 0 atom stereocenters. The fourth-order valence-electron chi connectivity index (χ4n) is 1.98. The number of nitrogens with one attached hydrogen (secondary N) is 1. The minimum atomic E-state index is 0.683. The molecule has 1 aromatic rings. The van der Waals surface area contributed by atoms with Gasteiger partial charge in [0.15, 0.2) is 0 Å². The highest BCUT2D eigenvalue weighted by Crippen LogP contribution is 2.18. The van der Waals surface area contributed by atoms with Crippen molar-refractivity contribution in [1.29, 1.82) is 0 Å². The molecule has 1 fully saturated rings. The van der Waals surface area contributed by atoms with E-state index < -0.39 is 0 Å². The maximum absolute atomic E-state index is 5.50. The van der Waals surface area contributed by atoms with E-state index in [1.54, 1.807) is 0 Å². The second-order valence-corrected chi connectivity index (χ2v) is 4.11. The summed E-state index contributed by atoms with van der Waals surface area (Å²) in [6.45, 7) is 4.72. The van der Waals surface area contributed by atoms with Crippen LogP contribution in [-0.4, -0.2) is 11.0 Å². The van der Waals surface area contributed by atoms with E-state index in [2.05, 4.69) is 10.3 Å². The number of aromatic nitrogens is 1. The summed E-state index contributed by atoms with van der Waals surface area (Å²) in [7, 11) is 0. The molecule has 1 N–H and O–H groups in total. The van der Waals surface area contributed by atoms with Gasteiger partial charge in [-0.05, 0) is 26.7 Å². The number of aryl methyl sites for hydroxylation is 2. The van der Waals surface area contributed by atoms with E-state index in [4.69, 9.17) is 4.42 Å². The second-order valence-electron chi connectivity index (χ2n) is 4.11. The summed E-state index contributed by atoms with van der Waals surface area (Å²) >= 11 is 0. The Balaban J connectivity index is 1.85. The van der Waals surface area contributed by atoms with E-state index in [9.17, 15) is 0 Å². The fourth-order valence-corrected chi connectivity index (χ4v) is 1.98. The van der Waals surface area contributed by atoms with Gasteiger partial charge < -0.3 is 9.73 Å². The molecule has 2 rings (SSSR count). The maximum atomic E-state index is 5.50. The SMILES string of the molecule is Cc1nc(CNC2CCCC2)oc1C. The Labute approximate surface area is 84.9 Å². The zero-order valence-corrected chi connectivity index (χ0v) is 8.97. The van der Waals surface area contributed by atoms with Crippen molar-refractivity contribution >= 4 is 0 Å². The fraction of sp³-hybridized carbons (Fsp3) is 0.727. The van der Waals surface area contributed by atoms with Gasteiger partial charge in [-0.3, -0.25) is 0 Å². The lowest BCUT2D eigenvalue weighted by atomic mass is 10.2. The summed E-state index contributed by atoms with van der Waals surface area (Å²) in [5.41, 5.74) is 1.01. The molecule has 0 unspecified atom stereocenters. The van der Waals surface area contributed by atoms with Gasteiger partial charge in [-0.2, -0.15) is 0 Å². The number of oxazole rings is 1. The Morgan fingerprint density at radius 2 is 2.07 bits per heavy atom. The van der Waals surface area contributed by atoms with Crippen LogP contribution in [0.4, 0.5) is 0 Å². The highest BCUT2D eigenvalue weighted by molar-refractivity contribution is 5.05.